The van der Waals surface area contributed by atoms with Gasteiger partial charge in [-0.2, -0.15) is 0 Å². The minimum absolute atomic E-state index is 0.0165. The van der Waals surface area contributed by atoms with E-state index in [9.17, 15) is 10.1 Å². The van der Waals surface area contributed by atoms with Gasteiger partial charge in [0.05, 0.1) is 17.6 Å². The number of nitrogens with zero attached hydrogens (tertiary/aromatic N) is 2. The van der Waals surface area contributed by atoms with E-state index in [1.165, 1.54) is 12.1 Å². The van der Waals surface area contributed by atoms with Gasteiger partial charge in [0.2, 0.25) is 0 Å². The maximum Gasteiger partial charge on any atom is 0.269 e. The van der Waals surface area contributed by atoms with Crippen LogP contribution in [0.15, 0.2) is 48.5 Å². The number of nitro groups is 1. The highest BCUT2D eigenvalue weighted by Crippen LogP contribution is 2.25. The van der Waals surface area contributed by atoms with E-state index in [0.29, 0.717) is 24.0 Å². The Morgan fingerprint density at radius 1 is 1.27 bits per heavy atom. The average molecular weight is 377 g/mol. The molecule has 1 heterocycles. The Balaban J connectivity index is 1.54. The van der Waals surface area contributed by atoms with Crippen LogP contribution in [0.5, 0.6) is 5.75 Å². The molecule has 0 bridgehead atoms. The predicted molar refractivity (Wildman–Crippen MR) is 99.8 cm³/mol. The number of morpholine rings is 1. The molecule has 1 aliphatic rings. The number of ether oxygens (including phenoxy) is 2. The molecular weight excluding hydrogens is 356 g/mol. The molecule has 0 spiro atoms. The van der Waals surface area contributed by atoms with Crippen molar-refractivity contribution in [2.45, 2.75) is 19.1 Å². The van der Waals surface area contributed by atoms with Crippen molar-refractivity contribution in [3.8, 4) is 5.75 Å². The van der Waals surface area contributed by atoms with E-state index in [2.05, 4.69) is 11.8 Å². The number of benzene rings is 2. The molecular formula is C19H21ClN2O4. The maximum atomic E-state index is 10.7. The van der Waals surface area contributed by atoms with E-state index >= 15 is 0 Å². The molecule has 1 aliphatic heterocycles. The smallest absolute Gasteiger partial charge is 0.269 e. The summed E-state index contributed by atoms with van der Waals surface area (Å²) in [4.78, 5) is 12.6. The zero-order valence-corrected chi connectivity index (χ0v) is 15.3. The highest BCUT2D eigenvalue weighted by Gasteiger charge is 2.25. The highest BCUT2D eigenvalue weighted by atomic mass is 35.5. The number of halogens is 1. The van der Waals surface area contributed by atoms with Crippen molar-refractivity contribution in [3.63, 3.8) is 0 Å². The summed E-state index contributed by atoms with van der Waals surface area (Å²) in [6.45, 7) is 4.90. The molecule has 0 aromatic heterocycles. The molecule has 0 N–H and O–H groups in total. The molecule has 0 aliphatic carbocycles. The molecule has 2 atom stereocenters. The Morgan fingerprint density at radius 3 is 2.62 bits per heavy atom. The minimum Gasteiger partial charge on any atom is -0.492 e. The quantitative estimate of drug-likeness (QED) is 0.561. The fourth-order valence-corrected chi connectivity index (χ4v) is 3.06. The van der Waals surface area contributed by atoms with Crippen molar-refractivity contribution >= 4 is 17.3 Å². The summed E-state index contributed by atoms with van der Waals surface area (Å²) in [6.07, 6.45) is 0.0165. The van der Waals surface area contributed by atoms with Gasteiger partial charge in [-0.15, -0.1) is 0 Å². The lowest BCUT2D eigenvalue weighted by Gasteiger charge is -2.36. The molecule has 0 amide bonds. The van der Waals surface area contributed by atoms with Crippen LogP contribution in [0.4, 0.5) is 5.69 Å². The van der Waals surface area contributed by atoms with Gasteiger partial charge in [0, 0.05) is 36.3 Å². The fraction of sp³-hybridized carbons (Fsp3) is 0.368. The van der Waals surface area contributed by atoms with E-state index in [4.69, 9.17) is 21.1 Å². The maximum absolute atomic E-state index is 10.7. The first kappa shape index (κ1) is 18.6. The molecule has 2 aromatic carbocycles. The zero-order valence-electron chi connectivity index (χ0n) is 14.5. The summed E-state index contributed by atoms with van der Waals surface area (Å²) in [5.41, 5.74) is 1.17. The highest BCUT2D eigenvalue weighted by molar-refractivity contribution is 6.30. The standard InChI is InChI=1S/C19H21ClN2O4/c1-14(13-26-18-8-6-17(7-9-18)22(23)24)21-10-11-25-19(12-21)15-2-4-16(20)5-3-15/h2-9,14,19H,10-13H2,1H3. The van der Waals surface area contributed by atoms with Gasteiger partial charge in [-0.3, -0.25) is 15.0 Å². The largest absolute Gasteiger partial charge is 0.492 e. The van der Waals surface area contributed by atoms with Crippen molar-refractivity contribution in [3.05, 3.63) is 69.2 Å². The topological polar surface area (TPSA) is 64.8 Å². The number of non-ortho nitro benzene ring substituents is 1. The summed E-state index contributed by atoms with van der Waals surface area (Å²) in [6, 6.07) is 14.1. The Morgan fingerprint density at radius 2 is 1.96 bits per heavy atom. The number of hydrogen-bond donors (Lipinski definition) is 0. The van der Waals surface area contributed by atoms with Crippen LogP contribution in [-0.4, -0.2) is 42.2 Å². The molecule has 26 heavy (non-hydrogen) atoms. The van der Waals surface area contributed by atoms with Crippen molar-refractivity contribution in [1.29, 1.82) is 0 Å². The Kier molecular flexibility index (Phi) is 6.08. The Labute approximate surface area is 157 Å². The summed E-state index contributed by atoms with van der Waals surface area (Å²) < 4.78 is 11.7. The Bertz CT molecular complexity index is 736. The van der Waals surface area contributed by atoms with Crippen LogP contribution >= 0.6 is 11.6 Å². The van der Waals surface area contributed by atoms with Gasteiger partial charge in [-0.1, -0.05) is 23.7 Å². The second kappa shape index (κ2) is 8.49. The van der Waals surface area contributed by atoms with Gasteiger partial charge < -0.3 is 9.47 Å². The molecule has 1 fully saturated rings. The fourth-order valence-electron chi connectivity index (χ4n) is 2.93. The summed E-state index contributed by atoms with van der Waals surface area (Å²) >= 11 is 5.95. The van der Waals surface area contributed by atoms with E-state index in [-0.39, 0.29) is 17.8 Å². The third-order valence-corrected chi connectivity index (χ3v) is 4.75. The number of hydrogen-bond acceptors (Lipinski definition) is 5. The predicted octanol–water partition coefficient (Wildman–Crippen LogP) is 4.09. The SMILES string of the molecule is CC(COc1ccc([N+](=O)[O-])cc1)N1CCOC(c2ccc(Cl)cc2)C1. The molecule has 1 saturated heterocycles. The summed E-state index contributed by atoms with van der Waals surface area (Å²) in [7, 11) is 0. The number of nitro benzene ring substituents is 1. The van der Waals surface area contributed by atoms with Gasteiger partial charge in [-0.25, -0.2) is 0 Å². The van der Waals surface area contributed by atoms with Crippen LogP contribution in [0, 0.1) is 10.1 Å². The number of rotatable bonds is 6. The minimum atomic E-state index is -0.420. The molecule has 7 heteroatoms. The van der Waals surface area contributed by atoms with Crippen molar-refractivity contribution in [1.82, 2.24) is 4.90 Å². The van der Waals surface area contributed by atoms with E-state index in [1.807, 2.05) is 24.3 Å². The van der Waals surface area contributed by atoms with Crippen molar-refractivity contribution < 1.29 is 14.4 Å². The second-order valence-corrected chi connectivity index (χ2v) is 6.75. The van der Waals surface area contributed by atoms with E-state index < -0.39 is 4.92 Å². The summed E-state index contributed by atoms with van der Waals surface area (Å²) in [5, 5.41) is 11.4. The van der Waals surface area contributed by atoms with Crippen molar-refractivity contribution in [2.24, 2.45) is 0 Å². The van der Waals surface area contributed by atoms with Gasteiger partial charge in [0.1, 0.15) is 12.4 Å². The first-order chi connectivity index (χ1) is 12.5. The molecule has 0 radical (unpaired) electrons. The average Bonchev–Trinajstić information content (AvgIpc) is 2.67. The van der Waals surface area contributed by atoms with Crippen LogP contribution in [-0.2, 0) is 4.74 Å². The lowest BCUT2D eigenvalue weighted by Crippen LogP contribution is -2.45. The lowest BCUT2D eigenvalue weighted by molar-refractivity contribution is -0.384. The first-order valence-corrected chi connectivity index (χ1v) is 8.89. The van der Waals surface area contributed by atoms with Crippen LogP contribution in [0.3, 0.4) is 0 Å². The Hall–Kier alpha value is -2.15. The monoisotopic (exact) mass is 376 g/mol. The van der Waals surface area contributed by atoms with Gasteiger partial charge in [0.15, 0.2) is 0 Å². The molecule has 6 nitrogen and oxygen atoms in total. The second-order valence-electron chi connectivity index (χ2n) is 6.32. The van der Waals surface area contributed by atoms with Crippen LogP contribution < -0.4 is 4.74 Å². The third-order valence-electron chi connectivity index (χ3n) is 4.50. The van der Waals surface area contributed by atoms with Crippen LogP contribution in [0.25, 0.3) is 0 Å². The van der Waals surface area contributed by atoms with Gasteiger partial charge in [-0.05, 0) is 36.8 Å². The zero-order chi connectivity index (χ0) is 18.5. The summed E-state index contributed by atoms with van der Waals surface area (Å²) in [5.74, 6) is 0.630. The lowest BCUT2D eigenvalue weighted by atomic mass is 10.1. The molecule has 138 valence electrons. The molecule has 3 rings (SSSR count). The first-order valence-electron chi connectivity index (χ1n) is 8.51. The molecule has 2 aromatic rings. The molecule has 2 unspecified atom stereocenters. The van der Waals surface area contributed by atoms with Crippen LogP contribution in [0.1, 0.15) is 18.6 Å². The van der Waals surface area contributed by atoms with Gasteiger partial charge in [0.25, 0.3) is 5.69 Å². The van der Waals surface area contributed by atoms with Crippen LogP contribution in [0.2, 0.25) is 5.02 Å². The molecule has 0 saturated carbocycles. The van der Waals surface area contributed by atoms with Crippen molar-refractivity contribution in [2.75, 3.05) is 26.3 Å². The third kappa shape index (κ3) is 4.72. The van der Waals surface area contributed by atoms with E-state index in [0.717, 1.165) is 18.7 Å². The van der Waals surface area contributed by atoms with Gasteiger partial charge >= 0.3 is 0 Å². The van der Waals surface area contributed by atoms with E-state index in [1.54, 1.807) is 12.1 Å². The normalized spacial score (nSPS) is 19.1.